The molecule has 0 aromatic heterocycles. The van der Waals surface area contributed by atoms with Crippen molar-refractivity contribution in [1.29, 1.82) is 0 Å². The largest absolute Gasteiger partial charge is 0.396 e. The summed E-state index contributed by atoms with van der Waals surface area (Å²) in [5.74, 6) is 0. The van der Waals surface area contributed by atoms with E-state index >= 15 is 0 Å². The minimum Gasteiger partial charge on any atom is -0.396 e. The predicted molar refractivity (Wildman–Crippen MR) is 47.0 cm³/mol. The third kappa shape index (κ3) is 2.70. The molecule has 11 heavy (non-hydrogen) atoms. The van der Waals surface area contributed by atoms with Crippen LogP contribution in [0.3, 0.4) is 0 Å². The molecule has 0 atom stereocenters. The van der Waals surface area contributed by atoms with Gasteiger partial charge in [0.25, 0.3) is 0 Å². The molecule has 0 amide bonds. The van der Waals surface area contributed by atoms with E-state index in [4.69, 9.17) is 5.11 Å². The summed E-state index contributed by atoms with van der Waals surface area (Å²) in [6.45, 7) is 2.30. The van der Waals surface area contributed by atoms with Crippen molar-refractivity contribution in [3.05, 3.63) is 35.4 Å². The fourth-order valence-corrected chi connectivity index (χ4v) is 1.01. The van der Waals surface area contributed by atoms with E-state index in [-0.39, 0.29) is 12.8 Å². The van der Waals surface area contributed by atoms with Crippen LogP contribution in [0, 0.1) is 6.92 Å². The lowest BCUT2D eigenvalue weighted by molar-refractivity contribution is 0.299. The van der Waals surface area contributed by atoms with Crippen LogP contribution in [0.15, 0.2) is 24.3 Å². The standard InChI is InChI=1S/C9H12O.H3N/c1-8-4-2-3-5-9(8)6-7-10;/h2-5,10H,6-7H2,1H3;1H3. The summed E-state index contributed by atoms with van der Waals surface area (Å²) in [6.07, 6.45) is 0.771. The Balaban J connectivity index is 0.000001000. The second-order valence-corrected chi connectivity index (χ2v) is 2.40. The van der Waals surface area contributed by atoms with Gasteiger partial charge >= 0.3 is 0 Å². The minimum atomic E-state index is 0. The number of aliphatic hydroxyl groups is 1. The Morgan fingerprint density at radius 3 is 2.45 bits per heavy atom. The van der Waals surface area contributed by atoms with Gasteiger partial charge in [0.1, 0.15) is 0 Å². The Hall–Kier alpha value is -0.860. The van der Waals surface area contributed by atoms with Crippen LogP contribution in [0.4, 0.5) is 0 Å². The number of aliphatic hydroxyl groups excluding tert-OH is 1. The van der Waals surface area contributed by atoms with E-state index in [0.29, 0.717) is 0 Å². The second-order valence-electron chi connectivity index (χ2n) is 2.40. The van der Waals surface area contributed by atoms with Gasteiger partial charge in [-0.05, 0) is 24.5 Å². The van der Waals surface area contributed by atoms with Crippen molar-refractivity contribution in [2.24, 2.45) is 0 Å². The van der Waals surface area contributed by atoms with Crippen LogP contribution in [0.1, 0.15) is 11.1 Å². The van der Waals surface area contributed by atoms with E-state index in [9.17, 15) is 0 Å². The van der Waals surface area contributed by atoms with Crippen molar-refractivity contribution < 1.29 is 5.11 Å². The fraction of sp³-hybridized carbons (Fsp3) is 0.333. The average Bonchev–Trinajstić information content (AvgIpc) is 1.94. The third-order valence-electron chi connectivity index (χ3n) is 1.64. The molecule has 0 aliphatic rings. The van der Waals surface area contributed by atoms with E-state index in [1.807, 2.05) is 18.2 Å². The Labute approximate surface area is 67.5 Å². The van der Waals surface area contributed by atoms with Gasteiger partial charge < -0.3 is 11.3 Å². The molecule has 2 nitrogen and oxygen atoms in total. The summed E-state index contributed by atoms with van der Waals surface area (Å²) >= 11 is 0. The first-order valence-corrected chi connectivity index (χ1v) is 3.50. The second kappa shape index (κ2) is 4.88. The number of hydrogen-bond acceptors (Lipinski definition) is 2. The van der Waals surface area contributed by atoms with Gasteiger partial charge in [0, 0.05) is 6.61 Å². The fourth-order valence-electron chi connectivity index (χ4n) is 1.01. The van der Waals surface area contributed by atoms with Crippen LogP contribution < -0.4 is 6.15 Å². The van der Waals surface area contributed by atoms with Crippen molar-refractivity contribution in [3.63, 3.8) is 0 Å². The van der Waals surface area contributed by atoms with Crippen molar-refractivity contribution in [3.8, 4) is 0 Å². The first-order chi connectivity index (χ1) is 4.84. The quantitative estimate of drug-likeness (QED) is 0.679. The smallest absolute Gasteiger partial charge is 0.0471 e. The molecule has 1 aromatic carbocycles. The van der Waals surface area contributed by atoms with Crippen molar-refractivity contribution >= 4 is 0 Å². The van der Waals surface area contributed by atoms with Gasteiger partial charge in [-0.3, -0.25) is 0 Å². The monoisotopic (exact) mass is 153 g/mol. The Morgan fingerprint density at radius 1 is 1.27 bits per heavy atom. The molecule has 2 heteroatoms. The van der Waals surface area contributed by atoms with Gasteiger partial charge in [0.05, 0.1) is 0 Å². The van der Waals surface area contributed by atoms with E-state index in [1.54, 1.807) is 0 Å². The minimum absolute atomic E-state index is 0. The Bertz CT molecular complexity index is 210. The molecular formula is C9H15NO. The van der Waals surface area contributed by atoms with Gasteiger partial charge in [-0.15, -0.1) is 0 Å². The Kier molecular flexibility index (Phi) is 4.50. The highest BCUT2D eigenvalue weighted by Crippen LogP contribution is 2.06. The van der Waals surface area contributed by atoms with Crippen LogP contribution >= 0.6 is 0 Å². The molecular weight excluding hydrogens is 138 g/mol. The SMILES string of the molecule is Cc1ccccc1CCO.N. The maximum Gasteiger partial charge on any atom is 0.0471 e. The zero-order valence-electron chi connectivity index (χ0n) is 6.88. The Morgan fingerprint density at radius 2 is 1.91 bits per heavy atom. The van der Waals surface area contributed by atoms with E-state index in [0.717, 1.165) is 6.42 Å². The van der Waals surface area contributed by atoms with Gasteiger partial charge in [-0.1, -0.05) is 24.3 Å². The maximum atomic E-state index is 8.64. The molecule has 0 aliphatic carbocycles. The highest BCUT2D eigenvalue weighted by Gasteiger charge is 1.93. The highest BCUT2D eigenvalue weighted by atomic mass is 16.2. The molecule has 0 fully saturated rings. The van der Waals surface area contributed by atoms with E-state index < -0.39 is 0 Å². The molecule has 0 saturated carbocycles. The van der Waals surface area contributed by atoms with Crippen LogP contribution in [0.5, 0.6) is 0 Å². The molecule has 0 spiro atoms. The van der Waals surface area contributed by atoms with Crippen molar-refractivity contribution in [1.82, 2.24) is 6.15 Å². The number of aryl methyl sites for hydroxylation is 1. The van der Waals surface area contributed by atoms with Crippen LogP contribution in [0.2, 0.25) is 0 Å². The molecule has 0 heterocycles. The zero-order chi connectivity index (χ0) is 7.40. The third-order valence-corrected chi connectivity index (χ3v) is 1.64. The van der Waals surface area contributed by atoms with Crippen molar-refractivity contribution in [2.75, 3.05) is 6.61 Å². The number of rotatable bonds is 2. The molecule has 0 unspecified atom stereocenters. The van der Waals surface area contributed by atoms with Gasteiger partial charge in [-0.2, -0.15) is 0 Å². The zero-order valence-corrected chi connectivity index (χ0v) is 6.88. The van der Waals surface area contributed by atoms with Gasteiger partial charge in [0.15, 0.2) is 0 Å². The summed E-state index contributed by atoms with van der Waals surface area (Å²) in [5.41, 5.74) is 2.50. The van der Waals surface area contributed by atoms with E-state index in [2.05, 4.69) is 13.0 Å². The number of hydrogen-bond donors (Lipinski definition) is 2. The van der Waals surface area contributed by atoms with Gasteiger partial charge in [0.2, 0.25) is 0 Å². The lowest BCUT2D eigenvalue weighted by atomic mass is 10.1. The number of benzene rings is 1. The molecule has 62 valence electrons. The predicted octanol–water partition coefficient (Wildman–Crippen LogP) is 1.69. The van der Waals surface area contributed by atoms with E-state index in [1.165, 1.54) is 11.1 Å². The lowest BCUT2D eigenvalue weighted by Crippen LogP contribution is -1.92. The summed E-state index contributed by atoms with van der Waals surface area (Å²) in [5, 5.41) is 8.64. The molecule has 1 aromatic rings. The van der Waals surface area contributed by atoms with Gasteiger partial charge in [-0.25, -0.2) is 0 Å². The normalized spacial score (nSPS) is 8.91. The molecule has 0 radical (unpaired) electrons. The summed E-state index contributed by atoms with van der Waals surface area (Å²) in [7, 11) is 0. The molecule has 4 N–H and O–H groups in total. The van der Waals surface area contributed by atoms with Crippen LogP contribution in [0.25, 0.3) is 0 Å². The lowest BCUT2D eigenvalue weighted by Gasteiger charge is -2.00. The summed E-state index contributed by atoms with van der Waals surface area (Å²) < 4.78 is 0. The molecule has 0 saturated heterocycles. The summed E-state index contributed by atoms with van der Waals surface area (Å²) in [6, 6.07) is 8.12. The molecule has 0 aliphatic heterocycles. The highest BCUT2D eigenvalue weighted by molar-refractivity contribution is 5.25. The van der Waals surface area contributed by atoms with Crippen LogP contribution in [-0.4, -0.2) is 11.7 Å². The first kappa shape index (κ1) is 10.1. The molecule has 0 bridgehead atoms. The topological polar surface area (TPSA) is 55.2 Å². The maximum absolute atomic E-state index is 8.64. The first-order valence-electron chi connectivity index (χ1n) is 3.50. The summed E-state index contributed by atoms with van der Waals surface area (Å²) in [4.78, 5) is 0. The molecule has 1 rings (SSSR count). The van der Waals surface area contributed by atoms with Crippen molar-refractivity contribution in [2.45, 2.75) is 13.3 Å². The average molecular weight is 153 g/mol. The van der Waals surface area contributed by atoms with Crippen LogP contribution in [-0.2, 0) is 6.42 Å².